The lowest BCUT2D eigenvalue weighted by atomic mass is 9.79. The highest BCUT2D eigenvalue weighted by Gasteiger charge is 2.38. The molecule has 24 heavy (non-hydrogen) atoms. The van der Waals surface area contributed by atoms with Crippen molar-refractivity contribution in [1.82, 2.24) is 10.6 Å². The first-order chi connectivity index (χ1) is 11.6. The van der Waals surface area contributed by atoms with Crippen molar-refractivity contribution < 1.29 is 14.3 Å². The molecular formula is C18H25N3O3. The Balaban J connectivity index is 1.59. The Labute approximate surface area is 142 Å². The van der Waals surface area contributed by atoms with Crippen molar-refractivity contribution >= 4 is 11.8 Å². The SMILES string of the molecule is NCC1(C(=O)NCc2cccc(C(=O)NC3CC3)c2)CCOCC1. The number of amides is 2. The lowest BCUT2D eigenvalue weighted by Crippen LogP contribution is -2.48. The molecule has 3 rings (SSSR count). The number of ether oxygens (including phenoxy) is 1. The van der Waals surface area contributed by atoms with Gasteiger partial charge in [0, 0.05) is 37.9 Å². The van der Waals surface area contributed by atoms with Gasteiger partial charge in [0.15, 0.2) is 0 Å². The van der Waals surface area contributed by atoms with Gasteiger partial charge in [0.25, 0.3) is 5.91 Å². The maximum atomic E-state index is 12.6. The number of hydrogen-bond donors (Lipinski definition) is 3. The van der Waals surface area contributed by atoms with E-state index in [1.807, 2.05) is 18.2 Å². The summed E-state index contributed by atoms with van der Waals surface area (Å²) in [5, 5.41) is 5.95. The third kappa shape index (κ3) is 3.94. The van der Waals surface area contributed by atoms with E-state index in [1.54, 1.807) is 6.07 Å². The maximum absolute atomic E-state index is 12.6. The van der Waals surface area contributed by atoms with Gasteiger partial charge in [-0.25, -0.2) is 0 Å². The van der Waals surface area contributed by atoms with E-state index in [4.69, 9.17) is 10.5 Å². The lowest BCUT2D eigenvalue weighted by Gasteiger charge is -2.34. The van der Waals surface area contributed by atoms with Crippen LogP contribution in [0.25, 0.3) is 0 Å². The van der Waals surface area contributed by atoms with Crippen LogP contribution in [-0.2, 0) is 16.1 Å². The Morgan fingerprint density at radius 2 is 2.00 bits per heavy atom. The fraction of sp³-hybridized carbons (Fsp3) is 0.556. The molecule has 130 valence electrons. The summed E-state index contributed by atoms with van der Waals surface area (Å²) in [4.78, 5) is 24.7. The first kappa shape index (κ1) is 16.9. The second kappa shape index (κ2) is 7.32. The van der Waals surface area contributed by atoms with E-state index in [0.29, 0.717) is 50.8 Å². The Morgan fingerprint density at radius 1 is 1.25 bits per heavy atom. The molecule has 4 N–H and O–H groups in total. The Kier molecular flexibility index (Phi) is 5.16. The van der Waals surface area contributed by atoms with Gasteiger partial charge in [-0.2, -0.15) is 0 Å². The molecule has 2 aliphatic rings. The van der Waals surface area contributed by atoms with Crippen LogP contribution < -0.4 is 16.4 Å². The van der Waals surface area contributed by atoms with E-state index in [-0.39, 0.29) is 11.8 Å². The van der Waals surface area contributed by atoms with Crippen molar-refractivity contribution in [2.24, 2.45) is 11.1 Å². The standard InChI is InChI=1S/C18H25N3O3/c19-12-18(6-8-24-9-7-18)17(23)20-11-13-2-1-3-14(10-13)16(22)21-15-4-5-15/h1-3,10,15H,4-9,11-12,19H2,(H,20,23)(H,21,22). The molecular weight excluding hydrogens is 306 g/mol. The molecule has 2 fully saturated rings. The molecule has 6 heteroatoms. The summed E-state index contributed by atoms with van der Waals surface area (Å²) in [6.07, 6.45) is 3.43. The van der Waals surface area contributed by atoms with Crippen molar-refractivity contribution in [3.63, 3.8) is 0 Å². The summed E-state index contributed by atoms with van der Waals surface area (Å²) in [7, 11) is 0. The number of nitrogens with two attached hydrogens (primary N) is 1. The van der Waals surface area contributed by atoms with Gasteiger partial charge in [0.1, 0.15) is 0 Å². The third-order valence-corrected chi connectivity index (χ3v) is 4.88. The summed E-state index contributed by atoms with van der Waals surface area (Å²) in [5.74, 6) is -0.0744. The van der Waals surface area contributed by atoms with Crippen LogP contribution in [0.2, 0.25) is 0 Å². The highest BCUT2D eigenvalue weighted by atomic mass is 16.5. The Morgan fingerprint density at radius 3 is 2.67 bits per heavy atom. The monoisotopic (exact) mass is 331 g/mol. The number of benzene rings is 1. The lowest BCUT2D eigenvalue weighted by molar-refractivity contribution is -0.136. The Hall–Kier alpha value is -1.92. The van der Waals surface area contributed by atoms with Crippen LogP contribution in [0.5, 0.6) is 0 Å². The normalized spacial score (nSPS) is 19.5. The van der Waals surface area contributed by atoms with Crippen LogP contribution in [-0.4, -0.2) is 37.6 Å². The smallest absolute Gasteiger partial charge is 0.251 e. The molecule has 2 amide bonds. The maximum Gasteiger partial charge on any atom is 0.251 e. The summed E-state index contributed by atoms with van der Waals surface area (Å²) >= 11 is 0. The first-order valence-electron chi connectivity index (χ1n) is 8.59. The summed E-state index contributed by atoms with van der Waals surface area (Å²) in [5.41, 5.74) is 6.87. The number of carbonyl (C=O) groups excluding carboxylic acids is 2. The summed E-state index contributed by atoms with van der Waals surface area (Å²) in [6.45, 7) is 1.86. The largest absolute Gasteiger partial charge is 0.381 e. The predicted molar refractivity (Wildman–Crippen MR) is 90.3 cm³/mol. The Bertz CT molecular complexity index is 607. The third-order valence-electron chi connectivity index (χ3n) is 4.88. The second-order valence-corrected chi connectivity index (χ2v) is 6.73. The van der Waals surface area contributed by atoms with Gasteiger partial charge in [0.05, 0.1) is 5.41 Å². The summed E-state index contributed by atoms with van der Waals surface area (Å²) < 4.78 is 5.34. The number of carbonyl (C=O) groups is 2. The molecule has 1 saturated carbocycles. The molecule has 6 nitrogen and oxygen atoms in total. The molecule has 0 unspecified atom stereocenters. The van der Waals surface area contributed by atoms with E-state index in [2.05, 4.69) is 10.6 Å². The average molecular weight is 331 g/mol. The molecule has 1 heterocycles. The molecule has 0 bridgehead atoms. The van der Waals surface area contributed by atoms with Gasteiger partial charge in [-0.05, 0) is 43.4 Å². The minimum absolute atomic E-state index is 0.0267. The van der Waals surface area contributed by atoms with Crippen molar-refractivity contribution in [1.29, 1.82) is 0 Å². The van der Waals surface area contributed by atoms with Crippen molar-refractivity contribution in [3.05, 3.63) is 35.4 Å². The molecule has 0 spiro atoms. The van der Waals surface area contributed by atoms with Gasteiger partial charge >= 0.3 is 0 Å². The van der Waals surface area contributed by atoms with E-state index in [9.17, 15) is 9.59 Å². The van der Waals surface area contributed by atoms with Crippen LogP contribution in [0.15, 0.2) is 24.3 Å². The van der Waals surface area contributed by atoms with Crippen LogP contribution >= 0.6 is 0 Å². The van der Waals surface area contributed by atoms with Gasteiger partial charge in [0.2, 0.25) is 5.91 Å². The summed E-state index contributed by atoms with van der Waals surface area (Å²) in [6, 6.07) is 7.71. The van der Waals surface area contributed by atoms with Gasteiger partial charge in [-0.3, -0.25) is 9.59 Å². The fourth-order valence-electron chi connectivity index (χ4n) is 2.97. The number of nitrogens with one attached hydrogen (secondary N) is 2. The number of rotatable bonds is 6. The molecule has 1 aromatic carbocycles. The van der Waals surface area contributed by atoms with Crippen LogP contribution in [0.3, 0.4) is 0 Å². The highest BCUT2D eigenvalue weighted by molar-refractivity contribution is 5.94. The van der Waals surface area contributed by atoms with E-state index >= 15 is 0 Å². The highest BCUT2D eigenvalue weighted by Crippen LogP contribution is 2.29. The van der Waals surface area contributed by atoms with Crippen LogP contribution in [0.1, 0.15) is 41.6 Å². The van der Waals surface area contributed by atoms with Gasteiger partial charge < -0.3 is 21.1 Å². The number of hydrogen-bond acceptors (Lipinski definition) is 4. The molecule has 1 aromatic rings. The van der Waals surface area contributed by atoms with Crippen molar-refractivity contribution in [2.45, 2.75) is 38.3 Å². The molecule has 0 aromatic heterocycles. The zero-order chi connectivity index (χ0) is 17.0. The minimum Gasteiger partial charge on any atom is -0.381 e. The molecule has 1 saturated heterocycles. The average Bonchev–Trinajstić information content (AvgIpc) is 3.44. The zero-order valence-corrected chi connectivity index (χ0v) is 13.8. The van der Waals surface area contributed by atoms with Gasteiger partial charge in [-0.15, -0.1) is 0 Å². The molecule has 1 aliphatic carbocycles. The van der Waals surface area contributed by atoms with Crippen molar-refractivity contribution in [2.75, 3.05) is 19.8 Å². The first-order valence-corrected chi connectivity index (χ1v) is 8.59. The van der Waals surface area contributed by atoms with E-state index in [1.165, 1.54) is 0 Å². The van der Waals surface area contributed by atoms with Gasteiger partial charge in [-0.1, -0.05) is 12.1 Å². The van der Waals surface area contributed by atoms with E-state index < -0.39 is 5.41 Å². The molecule has 0 atom stereocenters. The molecule has 1 aliphatic heterocycles. The van der Waals surface area contributed by atoms with E-state index in [0.717, 1.165) is 18.4 Å². The topological polar surface area (TPSA) is 93.5 Å². The van der Waals surface area contributed by atoms with Crippen LogP contribution in [0.4, 0.5) is 0 Å². The van der Waals surface area contributed by atoms with Crippen LogP contribution in [0, 0.1) is 5.41 Å². The van der Waals surface area contributed by atoms with Crippen molar-refractivity contribution in [3.8, 4) is 0 Å². The molecule has 0 radical (unpaired) electrons. The fourth-order valence-corrected chi connectivity index (χ4v) is 2.97. The second-order valence-electron chi connectivity index (χ2n) is 6.73. The predicted octanol–water partition coefficient (Wildman–Crippen LogP) is 0.950. The zero-order valence-electron chi connectivity index (χ0n) is 13.8. The quantitative estimate of drug-likeness (QED) is 0.723. The minimum atomic E-state index is -0.529.